The summed E-state index contributed by atoms with van der Waals surface area (Å²) in [5.74, 6) is -0.0678. The zero-order chi connectivity index (χ0) is 18.2. The maximum Gasteiger partial charge on any atom is 0.236 e. The van der Waals surface area contributed by atoms with Crippen LogP contribution in [-0.4, -0.2) is 54.6 Å². The van der Waals surface area contributed by atoms with E-state index in [0.29, 0.717) is 13.1 Å². The highest BCUT2D eigenvalue weighted by atomic mass is 16.3. The molecule has 0 saturated carbocycles. The van der Waals surface area contributed by atoms with Crippen molar-refractivity contribution in [3.63, 3.8) is 0 Å². The fourth-order valence-electron chi connectivity index (χ4n) is 2.73. The van der Waals surface area contributed by atoms with E-state index in [1.54, 1.807) is 11.9 Å². The Morgan fingerprint density at radius 2 is 1.72 bits per heavy atom. The molecule has 5 nitrogen and oxygen atoms in total. The Morgan fingerprint density at radius 1 is 1.00 bits per heavy atom. The lowest BCUT2D eigenvalue weighted by atomic mass is 10.0. The number of nitrogens with zero attached hydrogens (tertiary/aromatic N) is 2. The van der Waals surface area contributed by atoms with Crippen molar-refractivity contribution in [2.75, 3.05) is 33.8 Å². The number of benzene rings is 2. The van der Waals surface area contributed by atoms with Crippen molar-refractivity contribution in [2.45, 2.75) is 13.1 Å². The van der Waals surface area contributed by atoms with Crippen LogP contribution < -0.4 is 5.73 Å². The van der Waals surface area contributed by atoms with Gasteiger partial charge in [-0.15, -0.1) is 0 Å². The Bertz CT molecular complexity index is 686. The van der Waals surface area contributed by atoms with Gasteiger partial charge in [0.25, 0.3) is 0 Å². The Hall–Kier alpha value is -2.21. The predicted octanol–water partition coefficient (Wildman–Crippen LogP) is 1.69. The zero-order valence-corrected chi connectivity index (χ0v) is 15.0. The van der Waals surface area contributed by atoms with Gasteiger partial charge in [-0.1, -0.05) is 42.5 Å². The highest BCUT2D eigenvalue weighted by Gasteiger charge is 2.08. The normalized spacial score (nSPS) is 10.9. The average Bonchev–Trinajstić information content (AvgIpc) is 2.62. The van der Waals surface area contributed by atoms with Gasteiger partial charge in [0.2, 0.25) is 5.91 Å². The third-order valence-corrected chi connectivity index (χ3v) is 4.17. The molecule has 0 bridgehead atoms. The maximum absolute atomic E-state index is 11.6. The lowest BCUT2D eigenvalue weighted by molar-refractivity contribution is -0.128. The van der Waals surface area contributed by atoms with Crippen LogP contribution in [0, 0.1) is 0 Å². The molecule has 2 rings (SSSR count). The number of rotatable bonds is 8. The minimum atomic E-state index is -0.0678. The van der Waals surface area contributed by atoms with E-state index in [0.717, 1.165) is 23.2 Å². The van der Waals surface area contributed by atoms with Crippen LogP contribution in [0.15, 0.2) is 48.5 Å². The van der Waals surface area contributed by atoms with E-state index in [-0.39, 0.29) is 19.1 Å². The van der Waals surface area contributed by atoms with Gasteiger partial charge in [-0.2, -0.15) is 0 Å². The molecule has 0 aliphatic rings. The summed E-state index contributed by atoms with van der Waals surface area (Å²) in [4.78, 5) is 15.3. The number of nitrogens with two attached hydrogens (primary N) is 1. The molecule has 1 amide bonds. The first-order chi connectivity index (χ1) is 12.0. The molecule has 0 atom stereocenters. The lowest BCUT2D eigenvalue weighted by Crippen LogP contribution is -2.32. The predicted molar refractivity (Wildman–Crippen MR) is 101 cm³/mol. The zero-order valence-electron chi connectivity index (χ0n) is 15.0. The van der Waals surface area contributed by atoms with Crippen LogP contribution in [0.3, 0.4) is 0 Å². The maximum atomic E-state index is 11.6. The molecular formula is C20H27N3O2. The van der Waals surface area contributed by atoms with E-state index in [9.17, 15) is 4.79 Å². The summed E-state index contributed by atoms with van der Waals surface area (Å²) in [5, 5.41) is 8.97. The van der Waals surface area contributed by atoms with Crippen LogP contribution in [0.1, 0.15) is 11.1 Å². The van der Waals surface area contributed by atoms with Crippen molar-refractivity contribution < 1.29 is 9.90 Å². The van der Waals surface area contributed by atoms with E-state index in [2.05, 4.69) is 41.3 Å². The fourth-order valence-corrected chi connectivity index (χ4v) is 2.73. The molecule has 0 radical (unpaired) electrons. The van der Waals surface area contributed by atoms with E-state index < -0.39 is 0 Å². The smallest absolute Gasteiger partial charge is 0.236 e. The van der Waals surface area contributed by atoms with Crippen LogP contribution in [0.25, 0.3) is 11.1 Å². The first-order valence-corrected chi connectivity index (χ1v) is 8.45. The van der Waals surface area contributed by atoms with E-state index in [1.807, 2.05) is 19.2 Å². The van der Waals surface area contributed by atoms with Gasteiger partial charge in [0.1, 0.15) is 0 Å². The molecule has 0 aliphatic heterocycles. The van der Waals surface area contributed by atoms with Crippen LogP contribution in [0.2, 0.25) is 0 Å². The molecule has 0 saturated heterocycles. The van der Waals surface area contributed by atoms with Gasteiger partial charge in [-0.3, -0.25) is 9.69 Å². The lowest BCUT2D eigenvalue weighted by Gasteiger charge is -2.17. The van der Waals surface area contributed by atoms with E-state index in [4.69, 9.17) is 10.8 Å². The van der Waals surface area contributed by atoms with Crippen molar-refractivity contribution in [1.29, 1.82) is 0 Å². The second kappa shape index (κ2) is 9.32. The minimum Gasteiger partial charge on any atom is -0.395 e. The van der Waals surface area contributed by atoms with Crippen LogP contribution in [0.5, 0.6) is 0 Å². The van der Waals surface area contributed by atoms with Crippen LogP contribution >= 0.6 is 0 Å². The van der Waals surface area contributed by atoms with Gasteiger partial charge < -0.3 is 15.7 Å². The second-order valence-electron chi connectivity index (χ2n) is 6.31. The van der Waals surface area contributed by atoms with Gasteiger partial charge >= 0.3 is 0 Å². The average molecular weight is 341 g/mol. The summed E-state index contributed by atoms with van der Waals surface area (Å²) in [5.41, 5.74) is 9.96. The quantitative estimate of drug-likeness (QED) is 0.767. The van der Waals surface area contributed by atoms with Gasteiger partial charge in [-0.25, -0.2) is 0 Å². The largest absolute Gasteiger partial charge is 0.395 e. The Labute approximate surface area is 149 Å². The molecule has 2 aromatic carbocycles. The standard InChI is InChI=1S/C20H27N3O2/c1-22(10-11-24)14-16-6-8-18(9-7-16)19-5-3-4-17(12-19)15-23(2)20(25)13-21/h3-9,12,24H,10-11,13-15,21H2,1-2H3. The summed E-state index contributed by atoms with van der Waals surface area (Å²) in [6.07, 6.45) is 0. The molecule has 0 spiro atoms. The van der Waals surface area contributed by atoms with Crippen molar-refractivity contribution in [3.05, 3.63) is 59.7 Å². The van der Waals surface area contributed by atoms with Crippen LogP contribution in [0.4, 0.5) is 0 Å². The van der Waals surface area contributed by atoms with E-state index >= 15 is 0 Å². The fraction of sp³-hybridized carbons (Fsp3) is 0.350. The molecule has 0 fully saturated rings. The Morgan fingerprint density at radius 3 is 2.36 bits per heavy atom. The third-order valence-electron chi connectivity index (χ3n) is 4.17. The summed E-state index contributed by atoms with van der Waals surface area (Å²) in [7, 11) is 3.76. The number of likely N-dealkylation sites (N-methyl/N-ethyl adjacent to an activating group) is 2. The molecule has 0 heterocycles. The molecule has 0 aliphatic carbocycles. The SMILES string of the molecule is CN(CCO)Cc1ccc(-c2cccc(CN(C)C(=O)CN)c2)cc1. The number of aliphatic hydroxyl groups excluding tert-OH is 1. The number of aliphatic hydroxyl groups is 1. The first-order valence-electron chi connectivity index (χ1n) is 8.45. The second-order valence-corrected chi connectivity index (χ2v) is 6.31. The number of carbonyl (C=O) groups is 1. The van der Waals surface area contributed by atoms with E-state index in [1.165, 1.54) is 5.56 Å². The number of carbonyl (C=O) groups excluding carboxylic acids is 1. The molecule has 2 aromatic rings. The summed E-state index contributed by atoms with van der Waals surface area (Å²) in [6.45, 7) is 2.23. The van der Waals surface area contributed by atoms with Crippen molar-refractivity contribution >= 4 is 5.91 Å². The first kappa shape index (κ1) is 19.1. The van der Waals surface area contributed by atoms with Crippen molar-refractivity contribution in [1.82, 2.24) is 9.80 Å². The Balaban J connectivity index is 2.08. The highest BCUT2D eigenvalue weighted by molar-refractivity contribution is 5.77. The van der Waals surface area contributed by atoms with Gasteiger partial charge in [0.05, 0.1) is 13.2 Å². The third kappa shape index (κ3) is 5.67. The molecule has 5 heteroatoms. The van der Waals surface area contributed by atoms with Gasteiger partial charge in [0.15, 0.2) is 0 Å². The molecule has 3 N–H and O–H groups in total. The minimum absolute atomic E-state index is 0.0301. The summed E-state index contributed by atoms with van der Waals surface area (Å²) >= 11 is 0. The Kier molecular flexibility index (Phi) is 7.13. The van der Waals surface area contributed by atoms with Crippen LogP contribution in [-0.2, 0) is 17.9 Å². The molecule has 0 aromatic heterocycles. The van der Waals surface area contributed by atoms with Gasteiger partial charge in [0, 0.05) is 26.7 Å². The highest BCUT2D eigenvalue weighted by Crippen LogP contribution is 2.22. The number of amides is 1. The number of hydrogen-bond donors (Lipinski definition) is 2. The van der Waals surface area contributed by atoms with Crippen molar-refractivity contribution in [2.24, 2.45) is 5.73 Å². The molecular weight excluding hydrogens is 314 g/mol. The topological polar surface area (TPSA) is 69.8 Å². The molecule has 134 valence electrons. The monoisotopic (exact) mass is 341 g/mol. The summed E-state index contributed by atoms with van der Waals surface area (Å²) in [6, 6.07) is 16.6. The van der Waals surface area contributed by atoms with Gasteiger partial charge in [-0.05, 0) is 35.4 Å². The summed E-state index contributed by atoms with van der Waals surface area (Å²) < 4.78 is 0. The molecule has 25 heavy (non-hydrogen) atoms. The molecule has 0 unspecified atom stereocenters. The number of hydrogen-bond acceptors (Lipinski definition) is 4. The van der Waals surface area contributed by atoms with Crippen molar-refractivity contribution in [3.8, 4) is 11.1 Å².